The highest BCUT2D eigenvalue weighted by molar-refractivity contribution is 7.71. The minimum atomic E-state index is -4.59. The molecule has 0 saturated heterocycles. The fourth-order valence-electron chi connectivity index (χ4n) is 2.70. The molecule has 27 heavy (non-hydrogen) atoms. The van der Waals surface area contributed by atoms with Crippen LogP contribution in [0.1, 0.15) is 18.6 Å². The van der Waals surface area contributed by atoms with Gasteiger partial charge in [-0.1, -0.05) is 19.1 Å². The lowest BCUT2D eigenvalue weighted by atomic mass is 10.2. The van der Waals surface area contributed by atoms with Crippen molar-refractivity contribution in [3.8, 4) is 0 Å². The van der Waals surface area contributed by atoms with Crippen LogP contribution < -0.4 is 5.56 Å². The number of aromatic nitrogens is 5. The second kappa shape index (κ2) is 7.24. The average Bonchev–Trinajstić information content (AvgIpc) is 2.89. The fourth-order valence-corrected chi connectivity index (χ4v) is 2.88. The predicted octanol–water partition coefficient (Wildman–Crippen LogP) is 2.69. The number of halogens is 3. The van der Waals surface area contributed by atoms with E-state index in [1.807, 2.05) is 6.92 Å². The van der Waals surface area contributed by atoms with Crippen molar-refractivity contribution in [2.75, 3.05) is 6.54 Å². The number of alkyl halides is 3. The van der Waals surface area contributed by atoms with Crippen LogP contribution >= 0.6 is 12.2 Å². The first-order chi connectivity index (χ1) is 12.7. The summed E-state index contributed by atoms with van der Waals surface area (Å²) in [6.07, 6.45) is -4.59. The second-order valence-electron chi connectivity index (χ2n) is 5.98. The number of hydrogen-bond acceptors (Lipinski definition) is 5. The van der Waals surface area contributed by atoms with Crippen LogP contribution in [0.2, 0.25) is 0 Å². The van der Waals surface area contributed by atoms with Crippen LogP contribution in [0, 0.1) is 4.77 Å². The minimum absolute atomic E-state index is 0.0375. The molecule has 0 aliphatic carbocycles. The minimum Gasteiger partial charge on any atom is -0.309 e. The lowest BCUT2D eigenvalue weighted by Gasteiger charge is -2.19. The highest BCUT2D eigenvalue weighted by Crippen LogP contribution is 2.27. The molecular formula is C16H17F3N6OS. The number of nitrogens with zero attached hydrogens (tertiary/aromatic N) is 5. The van der Waals surface area contributed by atoms with Crippen molar-refractivity contribution in [3.63, 3.8) is 0 Å². The Balaban J connectivity index is 1.87. The summed E-state index contributed by atoms with van der Waals surface area (Å²) in [6.45, 7) is 2.61. The first-order valence-corrected chi connectivity index (χ1v) is 8.53. The highest BCUT2D eigenvalue weighted by Gasteiger charge is 2.37. The van der Waals surface area contributed by atoms with Gasteiger partial charge in [-0.05, 0) is 30.9 Å². The van der Waals surface area contributed by atoms with E-state index < -0.39 is 12.0 Å². The molecule has 0 atom stereocenters. The number of hydrogen-bond donors (Lipinski definition) is 1. The quantitative estimate of drug-likeness (QED) is 0.669. The van der Waals surface area contributed by atoms with Gasteiger partial charge in [0, 0.05) is 7.05 Å². The van der Waals surface area contributed by atoms with Gasteiger partial charge < -0.3 is 4.98 Å². The molecule has 0 radical (unpaired) electrons. The molecule has 0 unspecified atom stereocenters. The molecule has 2 aromatic heterocycles. The van der Waals surface area contributed by atoms with Crippen LogP contribution in [-0.4, -0.2) is 35.8 Å². The van der Waals surface area contributed by atoms with Crippen molar-refractivity contribution in [1.82, 2.24) is 29.2 Å². The number of benzene rings is 1. The standard InChI is InChI=1S/C16H17F3N6OS/c1-3-24(9-25-15(27)23(2)14(22-25)16(17,18)19)8-12-20-11-7-5-4-6-10(11)13(26)21-12/h4-7H,3,8-9H2,1-2H3,(H,20,21,26). The summed E-state index contributed by atoms with van der Waals surface area (Å²) in [6, 6.07) is 6.93. The van der Waals surface area contributed by atoms with E-state index in [0.717, 1.165) is 9.25 Å². The lowest BCUT2D eigenvalue weighted by molar-refractivity contribution is -0.147. The third-order valence-corrected chi connectivity index (χ3v) is 4.60. The van der Waals surface area contributed by atoms with Crippen molar-refractivity contribution >= 4 is 23.1 Å². The molecule has 1 N–H and O–H groups in total. The van der Waals surface area contributed by atoms with Crippen molar-refractivity contribution < 1.29 is 13.2 Å². The molecule has 0 spiro atoms. The molecule has 0 aliphatic rings. The molecular weight excluding hydrogens is 381 g/mol. The number of aromatic amines is 1. The van der Waals surface area contributed by atoms with E-state index in [1.54, 1.807) is 29.2 Å². The average molecular weight is 398 g/mol. The molecule has 7 nitrogen and oxygen atoms in total. The molecule has 0 bridgehead atoms. The molecule has 0 fully saturated rings. The van der Waals surface area contributed by atoms with Gasteiger partial charge in [-0.25, -0.2) is 9.67 Å². The largest absolute Gasteiger partial charge is 0.451 e. The lowest BCUT2D eigenvalue weighted by Crippen LogP contribution is -2.28. The Bertz CT molecular complexity index is 1080. The summed E-state index contributed by atoms with van der Waals surface area (Å²) < 4.78 is 40.9. The van der Waals surface area contributed by atoms with Crippen molar-refractivity contribution in [3.05, 3.63) is 51.0 Å². The van der Waals surface area contributed by atoms with E-state index in [1.165, 1.54) is 7.05 Å². The van der Waals surface area contributed by atoms with E-state index in [2.05, 4.69) is 15.1 Å². The van der Waals surface area contributed by atoms with E-state index in [4.69, 9.17) is 12.2 Å². The van der Waals surface area contributed by atoms with Gasteiger partial charge in [0.15, 0.2) is 4.77 Å². The first kappa shape index (κ1) is 19.2. The summed E-state index contributed by atoms with van der Waals surface area (Å²) in [5.74, 6) is -0.639. The topological polar surface area (TPSA) is 71.7 Å². The molecule has 144 valence electrons. The number of rotatable bonds is 5. The Morgan fingerprint density at radius 2 is 2.00 bits per heavy atom. The summed E-state index contributed by atoms with van der Waals surface area (Å²) >= 11 is 5.06. The van der Waals surface area contributed by atoms with Crippen LogP contribution in [-0.2, 0) is 26.4 Å². The molecule has 0 aliphatic heterocycles. The third kappa shape index (κ3) is 3.93. The van der Waals surface area contributed by atoms with Gasteiger partial charge in [-0.2, -0.15) is 13.2 Å². The molecule has 0 amide bonds. The maximum absolute atomic E-state index is 13.0. The van der Waals surface area contributed by atoms with Crippen LogP contribution in [0.4, 0.5) is 13.2 Å². The van der Waals surface area contributed by atoms with Crippen molar-refractivity contribution in [1.29, 1.82) is 0 Å². The number of H-pyrrole nitrogens is 1. The first-order valence-electron chi connectivity index (χ1n) is 8.12. The Labute approximate surface area is 157 Å². The van der Waals surface area contributed by atoms with Crippen LogP contribution in [0.3, 0.4) is 0 Å². The van der Waals surface area contributed by atoms with Crippen LogP contribution in [0.25, 0.3) is 10.9 Å². The van der Waals surface area contributed by atoms with Gasteiger partial charge in [0.1, 0.15) is 5.82 Å². The third-order valence-electron chi connectivity index (χ3n) is 4.11. The maximum atomic E-state index is 13.0. The Kier molecular flexibility index (Phi) is 5.16. The molecule has 3 rings (SSSR count). The maximum Gasteiger partial charge on any atom is 0.451 e. The molecule has 0 saturated carbocycles. The smallest absolute Gasteiger partial charge is 0.309 e. The van der Waals surface area contributed by atoms with Crippen molar-refractivity contribution in [2.45, 2.75) is 26.3 Å². The van der Waals surface area contributed by atoms with E-state index in [9.17, 15) is 18.0 Å². The zero-order valence-corrected chi connectivity index (χ0v) is 15.4. The normalized spacial score (nSPS) is 12.2. The monoisotopic (exact) mass is 398 g/mol. The number of para-hydroxylation sites is 1. The molecule has 2 heterocycles. The van der Waals surface area contributed by atoms with Gasteiger partial charge in [0.25, 0.3) is 5.56 Å². The van der Waals surface area contributed by atoms with E-state index >= 15 is 0 Å². The van der Waals surface area contributed by atoms with Gasteiger partial charge in [0.05, 0.1) is 24.1 Å². The van der Waals surface area contributed by atoms with E-state index in [-0.39, 0.29) is 23.5 Å². The summed E-state index contributed by atoms with van der Waals surface area (Å²) in [7, 11) is 1.23. The fraction of sp³-hybridized carbons (Fsp3) is 0.375. The summed E-state index contributed by atoms with van der Waals surface area (Å²) in [5.41, 5.74) is 0.293. The van der Waals surface area contributed by atoms with Gasteiger partial charge >= 0.3 is 6.18 Å². The highest BCUT2D eigenvalue weighted by atomic mass is 32.1. The molecule has 1 aromatic carbocycles. The van der Waals surface area contributed by atoms with Gasteiger partial charge in [-0.3, -0.25) is 14.3 Å². The summed E-state index contributed by atoms with van der Waals surface area (Å²) in [4.78, 5) is 21.1. The Morgan fingerprint density at radius 1 is 1.30 bits per heavy atom. The Hall–Kier alpha value is -2.53. The van der Waals surface area contributed by atoms with Gasteiger partial charge in [0.2, 0.25) is 5.82 Å². The Morgan fingerprint density at radius 3 is 2.63 bits per heavy atom. The molecule has 3 aromatic rings. The number of nitrogens with one attached hydrogen (secondary N) is 1. The predicted molar refractivity (Wildman–Crippen MR) is 95.5 cm³/mol. The zero-order valence-electron chi connectivity index (χ0n) is 14.6. The van der Waals surface area contributed by atoms with Crippen LogP contribution in [0.5, 0.6) is 0 Å². The van der Waals surface area contributed by atoms with Gasteiger partial charge in [-0.15, -0.1) is 5.10 Å². The second-order valence-corrected chi connectivity index (χ2v) is 6.34. The summed E-state index contributed by atoms with van der Waals surface area (Å²) in [5, 5.41) is 4.07. The molecule has 11 heteroatoms. The van der Waals surface area contributed by atoms with Crippen molar-refractivity contribution in [2.24, 2.45) is 7.05 Å². The van der Waals surface area contributed by atoms with E-state index in [0.29, 0.717) is 23.3 Å². The zero-order chi connectivity index (χ0) is 19.8. The SMILES string of the molecule is CCN(Cc1nc2ccccc2c(=O)[nH]1)Cn1nc(C(F)(F)F)n(C)c1=S. The number of fused-ring (bicyclic) bond motifs is 1. The van der Waals surface area contributed by atoms with Crippen LogP contribution in [0.15, 0.2) is 29.1 Å².